The molecule has 1 saturated heterocycles. The minimum Gasteiger partial charge on any atom is -0.374 e. The van der Waals surface area contributed by atoms with Gasteiger partial charge in [-0.25, -0.2) is 0 Å². The average Bonchev–Trinajstić information content (AvgIpc) is 2.63. The van der Waals surface area contributed by atoms with Crippen molar-refractivity contribution >= 4 is 5.78 Å². The van der Waals surface area contributed by atoms with Gasteiger partial charge in [-0.3, -0.25) is 4.79 Å². The Bertz CT molecular complexity index is 452. The molecule has 2 nitrogen and oxygen atoms in total. The van der Waals surface area contributed by atoms with E-state index in [0.717, 1.165) is 18.4 Å². The van der Waals surface area contributed by atoms with E-state index in [1.54, 1.807) is 0 Å². The highest BCUT2D eigenvalue weighted by Crippen LogP contribution is 2.34. The molecule has 0 bridgehead atoms. The molecule has 0 saturated carbocycles. The highest BCUT2D eigenvalue weighted by Gasteiger charge is 2.41. The normalized spacial score (nSPS) is 30.5. The Morgan fingerprint density at radius 1 is 1.21 bits per heavy atom. The molecular formula is C17H24O2. The van der Waals surface area contributed by atoms with Crippen molar-refractivity contribution < 1.29 is 9.53 Å². The van der Waals surface area contributed by atoms with Crippen LogP contribution >= 0.6 is 0 Å². The molecule has 1 heterocycles. The average molecular weight is 260 g/mol. The van der Waals surface area contributed by atoms with Crippen LogP contribution in [0.3, 0.4) is 0 Å². The number of ether oxygens (including phenoxy) is 1. The zero-order valence-electron chi connectivity index (χ0n) is 12.3. The van der Waals surface area contributed by atoms with E-state index < -0.39 is 0 Å². The van der Waals surface area contributed by atoms with Gasteiger partial charge in [-0.2, -0.15) is 0 Å². The van der Waals surface area contributed by atoms with Gasteiger partial charge in [0.1, 0.15) is 0 Å². The predicted octanol–water partition coefficient (Wildman–Crippen LogP) is 3.88. The number of carbonyl (C=O) groups is 1. The Kier molecular flexibility index (Phi) is 4.41. The summed E-state index contributed by atoms with van der Waals surface area (Å²) in [6.45, 7) is 8.35. The van der Waals surface area contributed by atoms with Crippen molar-refractivity contribution in [2.75, 3.05) is 0 Å². The molecule has 1 aromatic carbocycles. The Balaban J connectivity index is 2.22. The minimum absolute atomic E-state index is 0.00752. The SMILES string of the molecule is CCCc1cccc(C(=O)C2C(C)OC(C)C2C)c1. The Hall–Kier alpha value is -1.15. The van der Waals surface area contributed by atoms with Gasteiger partial charge in [0.2, 0.25) is 0 Å². The first-order valence-corrected chi connectivity index (χ1v) is 7.33. The molecule has 19 heavy (non-hydrogen) atoms. The van der Waals surface area contributed by atoms with Crippen molar-refractivity contribution in [2.45, 2.75) is 52.7 Å². The summed E-state index contributed by atoms with van der Waals surface area (Å²) in [6.07, 6.45) is 2.33. The second kappa shape index (κ2) is 5.87. The van der Waals surface area contributed by atoms with Crippen LogP contribution in [0.25, 0.3) is 0 Å². The maximum absolute atomic E-state index is 12.7. The van der Waals surface area contributed by atoms with Crippen LogP contribution in [0, 0.1) is 11.8 Å². The van der Waals surface area contributed by atoms with Crippen LogP contribution in [0.5, 0.6) is 0 Å². The van der Waals surface area contributed by atoms with Crippen LogP contribution in [0.15, 0.2) is 24.3 Å². The summed E-state index contributed by atoms with van der Waals surface area (Å²) in [4.78, 5) is 12.7. The molecule has 0 spiro atoms. The summed E-state index contributed by atoms with van der Waals surface area (Å²) in [7, 11) is 0. The number of hydrogen-bond acceptors (Lipinski definition) is 2. The number of carbonyl (C=O) groups excluding carboxylic acids is 1. The lowest BCUT2D eigenvalue weighted by Crippen LogP contribution is -2.26. The maximum Gasteiger partial charge on any atom is 0.168 e. The molecule has 0 N–H and O–H groups in total. The summed E-state index contributed by atoms with van der Waals surface area (Å²) in [5.74, 6) is 0.520. The van der Waals surface area contributed by atoms with Gasteiger partial charge in [-0.15, -0.1) is 0 Å². The number of ketones is 1. The van der Waals surface area contributed by atoms with E-state index in [-0.39, 0.29) is 29.8 Å². The molecule has 0 aliphatic carbocycles. The van der Waals surface area contributed by atoms with E-state index in [0.29, 0.717) is 0 Å². The molecule has 104 valence electrons. The second-order valence-electron chi connectivity index (χ2n) is 5.75. The minimum atomic E-state index is -0.00752. The molecular weight excluding hydrogens is 236 g/mol. The third-order valence-corrected chi connectivity index (χ3v) is 4.29. The van der Waals surface area contributed by atoms with Crippen LogP contribution < -0.4 is 0 Å². The van der Waals surface area contributed by atoms with Crippen molar-refractivity contribution in [3.8, 4) is 0 Å². The molecule has 0 radical (unpaired) electrons. The Morgan fingerprint density at radius 3 is 2.53 bits per heavy atom. The lowest BCUT2D eigenvalue weighted by atomic mass is 9.83. The molecule has 0 amide bonds. The van der Waals surface area contributed by atoms with Crippen LogP contribution in [0.1, 0.15) is 50.0 Å². The summed E-state index contributed by atoms with van der Waals surface area (Å²) >= 11 is 0. The third kappa shape index (κ3) is 2.89. The molecule has 1 aliphatic rings. The molecule has 4 atom stereocenters. The zero-order valence-corrected chi connectivity index (χ0v) is 12.3. The fourth-order valence-corrected chi connectivity index (χ4v) is 3.08. The molecule has 4 unspecified atom stereocenters. The van der Waals surface area contributed by atoms with Gasteiger partial charge < -0.3 is 4.74 Å². The monoisotopic (exact) mass is 260 g/mol. The first-order chi connectivity index (χ1) is 9.04. The molecule has 0 aromatic heterocycles. The highest BCUT2D eigenvalue weighted by molar-refractivity contribution is 5.98. The first kappa shape index (κ1) is 14.3. The lowest BCUT2D eigenvalue weighted by Gasteiger charge is -2.17. The highest BCUT2D eigenvalue weighted by atomic mass is 16.5. The van der Waals surface area contributed by atoms with Gasteiger partial charge in [0.05, 0.1) is 18.1 Å². The van der Waals surface area contributed by atoms with Crippen molar-refractivity contribution in [3.63, 3.8) is 0 Å². The van der Waals surface area contributed by atoms with Gasteiger partial charge in [-0.1, -0.05) is 38.5 Å². The van der Waals surface area contributed by atoms with E-state index in [1.165, 1.54) is 5.56 Å². The summed E-state index contributed by atoms with van der Waals surface area (Å²) in [5.41, 5.74) is 2.09. The second-order valence-corrected chi connectivity index (χ2v) is 5.75. The van der Waals surface area contributed by atoms with E-state index in [9.17, 15) is 4.79 Å². The fraction of sp³-hybridized carbons (Fsp3) is 0.588. The van der Waals surface area contributed by atoms with Crippen molar-refractivity contribution in [1.29, 1.82) is 0 Å². The quantitative estimate of drug-likeness (QED) is 0.768. The van der Waals surface area contributed by atoms with E-state index in [1.807, 2.05) is 25.1 Å². The van der Waals surface area contributed by atoms with Crippen LogP contribution in [-0.4, -0.2) is 18.0 Å². The van der Waals surface area contributed by atoms with Gasteiger partial charge in [0.15, 0.2) is 5.78 Å². The maximum atomic E-state index is 12.7. The topological polar surface area (TPSA) is 26.3 Å². The number of aryl methyl sites for hydroxylation is 1. The van der Waals surface area contributed by atoms with Crippen LogP contribution in [-0.2, 0) is 11.2 Å². The van der Waals surface area contributed by atoms with Crippen molar-refractivity contribution in [1.82, 2.24) is 0 Å². The van der Waals surface area contributed by atoms with Crippen LogP contribution in [0.2, 0.25) is 0 Å². The van der Waals surface area contributed by atoms with Crippen molar-refractivity contribution in [3.05, 3.63) is 35.4 Å². The van der Waals surface area contributed by atoms with E-state index in [4.69, 9.17) is 4.74 Å². The summed E-state index contributed by atoms with van der Waals surface area (Å²) in [5, 5.41) is 0. The number of benzene rings is 1. The molecule has 1 aromatic rings. The molecule has 2 rings (SSSR count). The predicted molar refractivity (Wildman–Crippen MR) is 77.4 cm³/mol. The first-order valence-electron chi connectivity index (χ1n) is 7.33. The lowest BCUT2D eigenvalue weighted by molar-refractivity contribution is 0.0491. The van der Waals surface area contributed by atoms with Gasteiger partial charge >= 0.3 is 0 Å². The number of rotatable bonds is 4. The molecule has 1 fully saturated rings. The number of Topliss-reactive ketones (excluding diaryl/α,β-unsaturated/α-hetero) is 1. The molecule has 1 aliphatic heterocycles. The van der Waals surface area contributed by atoms with Gasteiger partial charge in [0.25, 0.3) is 0 Å². The summed E-state index contributed by atoms with van der Waals surface area (Å²) in [6, 6.07) is 8.08. The largest absolute Gasteiger partial charge is 0.374 e. The standard InChI is InChI=1S/C17H24O2/c1-5-7-14-8-6-9-15(10-14)17(18)16-11(2)12(3)19-13(16)4/h6,8-13,16H,5,7H2,1-4H3. The smallest absolute Gasteiger partial charge is 0.168 e. The van der Waals surface area contributed by atoms with E-state index >= 15 is 0 Å². The summed E-state index contributed by atoms with van der Waals surface area (Å²) < 4.78 is 5.79. The zero-order chi connectivity index (χ0) is 14.0. The molecule has 2 heteroatoms. The van der Waals surface area contributed by atoms with Gasteiger partial charge in [0, 0.05) is 5.56 Å². The van der Waals surface area contributed by atoms with E-state index in [2.05, 4.69) is 26.8 Å². The fourth-order valence-electron chi connectivity index (χ4n) is 3.08. The van der Waals surface area contributed by atoms with Crippen LogP contribution in [0.4, 0.5) is 0 Å². The van der Waals surface area contributed by atoms with Crippen molar-refractivity contribution in [2.24, 2.45) is 11.8 Å². The number of hydrogen-bond donors (Lipinski definition) is 0. The Labute approximate surface area is 116 Å². The Morgan fingerprint density at radius 2 is 1.95 bits per heavy atom. The third-order valence-electron chi connectivity index (χ3n) is 4.29. The van der Waals surface area contributed by atoms with Gasteiger partial charge in [-0.05, 0) is 37.8 Å².